The molecule has 0 spiro atoms. The summed E-state index contributed by atoms with van der Waals surface area (Å²) in [6.45, 7) is 4.64. The number of benzene rings is 1. The van der Waals surface area contributed by atoms with Crippen molar-refractivity contribution < 1.29 is 0 Å². The Morgan fingerprint density at radius 3 is 3.00 bits per heavy atom. The molecule has 1 aromatic carbocycles. The van der Waals surface area contributed by atoms with Crippen molar-refractivity contribution in [3.63, 3.8) is 0 Å². The fourth-order valence-corrected chi connectivity index (χ4v) is 3.17. The van der Waals surface area contributed by atoms with Gasteiger partial charge in [0.05, 0.1) is 5.52 Å². The molecule has 1 fully saturated rings. The zero-order valence-electron chi connectivity index (χ0n) is 11.2. The molecule has 2 heterocycles. The van der Waals surface area contributed by atoms with Gasteiger partial charge in [-0.1, -0.05) is 18.2 Å². The van der Waals surface area contributed by atoms with E-state index in [0.717, 1.165) is 0 Å². The molecule has 0 saturated carbocycles. The van der Waals surface area contributed by atoms with Crippen LogP contribution in [0.25, 0.3) is 10.9 Å². The quantitative estimate of drug-likeness (QED) is 0.760. The smallest absolute Gasteiger partial charge is 0.0733 e. The van der Waals surface area contributed by atoms with Crippen molar-refractivity contribution in [1.29, 1.82) is 0 Å². The summed E-state index contributed by atoms with van der Waals surface area (Å²) in [5.41, 5.74) is 4.03. The van der Waals surface area contributed by atoms with Crippen molar-refractivity contribution in [3.05, 3.63) is 41.6 Å². The zero-order valence-corrected chi connectivity index (χ0v) is 11.2. The Hall–Kier alpha value is -1.41. The molecule has 0 amide bonds. The van der Waals surface area contributed by atoms with E-state index >= 15 is 0 Å². The summed E-state index contributed by atoms with van der Waals surface area (Å²) in [6.07, 6.45) is 4.51. The number of piperidine rings is 1. The molecule has 94 valence electrons. The standard InChI is InChI=1S/C16H20N2/c1-12-15(14-6-4-10-18(2)11-14)8-7-13-5-3-9-17-16(12)13/h3,5,7-9,14H,4,6,10-11H2,1-2H3. The van der Waals surface area contributed by atoms with E-state index in [9.17, 15) is 0 Å². The van der Waals surface area contributed by atoms with Gasteiger partial charge in [-0.2, -0.15) is 0 Å². The molecule has 0 radical (unpaired) electrons. The van der Waals surface area contributed by atoms with Crippen LogP contribution in [0.15, 0.2) is 30.5 Å². The second-order valence-corrected chi connectivity index (χ2v) is 5.46. The Bertz CT molecular complexity index is 562. The normalized spacial score (nSPS) is 21.3. The molecule has 0 bridgehead atoms. The monoisotopic (exact) mass is 240 g/mol. The second-order valence-electron chi connectivity index (χ2n) is 5.46. The average Bonchev–Trinajstić information content (AvgIpc) is 2.39. The average molecular weight is 240 g/mol. The van der Waals surface area contributed by atoms with Gasteiger partial charge in [0.2, 0.25) is 0 Å². The van der Waals surface area contributed by atoms with E-state index in [1.54, 1.807) is 0 Å². The number of hydrogen-bond donors (Lipinski definition) is 0. The minimum Gasteiger partial charge on any atom is -0.306 e. The lowest BCUT2D eigenvalue weighted by atomic mass is 9.87. The highest BCUT2D eigenvalue weighted by atomic mass is 15.1. The van der Waals surface area contributed by atoms with E-state index in [0.29, 0.717) is 5.92 Å². The van der Waals surface area contributed by atoms with Gasteiger partial charge >= 0.3 is 0 Å². The molecule has 3 rings (SSSR count). The van der Waals surface area contributed by atoms with Crippen molar-refractivity contribution in [1.82, 2.24) is 9.88 Å². The lowest BCUT2D eigenvalue weighted by Gasteiger charge is -2.31. The molecule has 1 saturated heterocycles. The largest absolute Gasteiger partial charge is 0.306 e. The van der Waals surface area contributed by atoms with Crippen LogP contribution in [0.2, 0.25) is 0 Å². The second kappa shape index (κ2) is 4.69. The van der Waals surface area contributed by atoms with Crippen molar-refractivity contribution in [2.75, 3.05) is 20.1 Å². The van der Waals surface area contributed by atoms with Crippen molar-refractivity contribution in [2.24, 2.45) is 0 Å². The van der Waals surface area contributed by atoms with Crippen LogP contribution < -0.4 is 0 Å². The SMILES string of the molecule is Cc1c(C2CCCN(C)C2)ccc2cccnc12. The summed E-state index contributed by atoms with van der Waals surface area (Å²) in [5, 5.41) is 1.25. The Morgan fingerprint density at radius 1 is 1.28 bits per heavy atom. The van der Waals surface area contributed by atoms with E-state index in [4.69, 9.17) is 0 Å². The van der Waals surface area contributed by atoms with Gasteiger partial charge in [-0.15, -0.1) is 0 Å². The molecule has 1 aromatic heterocycles. The van der Waals surface area contributed by atoms with Gasteiger partial charge in [-0.25, -0.2) is 0 Å². The Labute approximate surface area is 109 Å². The molecule has 2 heteroatoms. The zero-order chi connectivity index (χ0) is 12.5. The van der Waals surface area contributed by atoms with Crippen LogP contribution in [0.3, 0.4) is 0 Å². The van der Waals surface area contributed by atoms with Crippen molar-refractivity contribution in [2.45, 2.75) is 25.7 Å². The van der Waals surface area contributed by atoms with Crippen LogP contribution >= 0.6 is 0 Å². The van der Waals surface area contributed by atoms with Gasteiger partial charge in [-0.05, 0) is 56.5 Å². The molecule has 2 nitrogen and oxygen atoms in total. The topological polar surface area (TPSA) is 16.1 Å². The van der Waals surface area contributed by atoms with Crippen LogP contribution in [-0.4, -0.2) is 30.0 Å². The Kier molecular flexibility index (Phi) is 3.04. The highest BCUT2D eigenvalue weighted by Gasteiger charge is 2.21. The number of hydrogen-bond acceptors (Lipinski definition) is 2. The highest BCUT2D eigenvalue weighted by Crippen LogP contribution is 2.31. The predicted molar refractivity (Wildman–Crippen MR) is 76.0 cm³/mol. The van der Waals surface area contributed by atoms with Gasteiger partial charge in [0.1, 0.15) is 0 Å². The molecular weight excluding hydrogens is 220 g/mol. The molecule has 0 N–H and O–H groups in total. The molecule has 1 aliphatic rings. The number of likely N-dealkylation sites (tertiary alicyclic amines) is 1. The molecule has 2 aromatic rings. The summed E-state index contributed by atoms with van der Waals surface area (Å²) >= 11 is 0. The number of aryl methyl sites for hydroxylation is 1. The maximum atomic E-state index is 4.54. The van der Waals surface area contributed by atoms with Gasteiger partial charge in [0.25, 0.3) is 0 Å². The van der Waals surface area contributed by atoms with Crippen LogP contribution in [0.5, 0.6) is 0 Å². The number of likely N-dealkylation sites (N-methyl/N-ethyl adjacent to an activating group) is 1. The first-order valence-electron chi connectivity index (χ1n) is 6.78. The number of pyridine rings is 1. The molecular formula is C16H20N2. The summed E-state index contributed by atoms with van der Waals surface area (Å²) in [5.74, 6) is 0.676. The third kappa shape index (κ3) is 2.01. The van der Waals surface area contributed by atoms with E-state index < -0.39 is 0 Å². The van der Waals surface area contributed by atoms with Gasteiger partial charge in [0.15, 0.2) is 0 Å². The number of nitrogens with zero attached hydrogens (tertiary/aromatic N) is 2. The first-order valence-corrected chi connectivity index (χ1v) is 6.78. The Morgan fingerprint density at radius 2 is 2.17 bits per heavy atom. The van der Waals surface area contributed by atoms with Gasteiger partial charge in [-0.3, -0.25) is 4.98 Å². The van der Waals surface area contributed by atoms with Gasteiger partial charge < -0.3 is 4.90 Å². The third-order valence-electron chi connectivity index (χ3n) is 4.13. The predicted octanol–water partition coefficient (Wildman–Crippen LogP) is 3.35. The molecule has 1 aliphatic heterocycles. The fourth-order valence-electron chi connectivity index (χ4n) is 3.17. The lowest BCUT2D eigenvalue weighted by Crippen LogP contribution is -2.31. The maximum absolute atomic E-state index is 4.54. The van der Waals surface area contributed by atoms with Crippen LogP contribution in [0.1, 0.15) is 29.9 Å². The summed E-state index contributed by atoms with van der Waals surface area (Å²) in [4.78, 5) is 6.98. The summed E-state index contributed by atoms with van der Waals surface area (Å²) in [6, 6.07) is 8.68. The minimum atomic E-state index is 0.676. The van der Waals surface area contributed by atoms with Crippen LogP contribution in [-0.2, 0) is 0 Å². The molecule has 1 unspecified atom stereocenters. The van der Waals surface area contributed by atoms with E-state index in [1.165, 1.54) is 48.0 Å². The number of rotatable bonds is 1. The fraction of sp³-hybridized carbons (Fsp3) is 0.438. The number of aromatic nitrogens is 1. The summed E-state index contributed by atoms with van der Waals surface area (Å²) in [7, 11) is 2.22. The number of fused-ring (bicyclic) bond motifs is 1. The maximum Gasteiger partial charge on any atom is 0.0733 e. The van der Waals surface area contributed by atoms with Crippen molar-refractivity contribution in [3.8, 4) is 0 Å². The van der Waals surface area contributed by atoms with Crippen molar-refractivity contribution >= 4 is 10.9 Å². The van der Waals surface area contributed by atoms with E-state index in [1.807, 2.05) is 12.3 Å². The molecule has 0 aliphatic carbocycles. The van der Waals surface area contributed by atoms with E-state index in [2.05, 4.69) is 42.1 Å². The summed E-state index contributed by atoms with van der Waals surface area (Å²) < 4.78 is 0. The van der Waals surface area contributed by atoms with Crippen LogP contribution in [0, 0.1) is 6.92 Å². The third-order valence-corrected chi connectivity index (χ3v) is 4.13. The van der Waals surface area contributed by atoms with Crippen LogP contribution in [0.4, 0.5) is 0 Å². The highest BCUT2D eigenvalue weighted by molar-refractivity contribution is 5.82. The lowest BCUT2D eigenvalue weighted by molar-refractivity contribution is 0.250. The first-order chi connectivity index (χ1) is 8.75. The molecule has 1 atom stereocenters. The first kappa shape index (κ1) is 11.7. The van der Waals surface area contributed by atoms with E-state index in [-0.39, 0.29) is 0 Å². The Balaban J connectivity index is 2.04. The minimum absolute atomic E-state index is 0.676. The molecule has 18 heavy (non-hydrogen) atoms. The van der Waals surface area contributed by atoms with Gasteiger partial charge in [0, 0.05) is 18.1 Å².